The summed E-state index contributed by atoms with van der Waals surface area (Å²) in [5.41, 5.74) is 6.84. The van der Waals surface area contributed by atoms with Crippen molar-refractivity contribution in [3.05, 3.63) is 35.4 Å². The number of amides is 2. The maximum Gasteiger partial charge on any atom is 0.326 e. The highest BCUT2D eigenvalue weighted by Gasteiger charge is 2.30. The first-order valence-electron chi connectivity index (χ1n) is 10.6. The van der Waals surface area contributed by atoms with Crippen LogP contribution in [-0.2, 0) is 20.9 Å². The summed E-state index contributed by atoms with van der Waals surface area (Å²) in [5, 5.41) is 21.4. The third-order valence-electron chi connectivity index (χ3n) is 5.48. The Morgan fingerprint density at radius 2 is 2.16 bits per heavy atom. The minimum absolute atomic E-state index is 0.0377. The van der Waals surface area contributed by atoms with Crippen LogP contribution in [0, 0.1) is 11.3 Å². The van der Waals surface area contributed by atoms with Gasteiger partial charge in [-0.25, -0.2) is 4.79 Å². The van der Waals surface area contributed by atoms with Gasteiger partial charge in [-0.1, -0.05) is 18.2 Å². The Kier molecular flexibility index (Phi) is 10.5. The minimum atomic E-state index is -1.07. The molecule has 1 heterocycles. The van der Waals surface area contributed by atoms with Gasteiger partial charge in [0.1, 0.15) is 6.04 Å². The van der Waals surface area contributed by atoms with Crippen LogP contribution in [0.1, 0.15) is 30.4 Å². The highest BCUT2D eigenvalue weighted by molar-refractivity contribution is 7.98. The van der Waals surface area contributed by atoms with Gasteiger partial charge in [-0.3, -0.25) is 14.5 Å². The first-order chi connectivity index (χ1) is 15.4. The number of likely N-dealkylation sites (tertiary alicyclic amines) is 1. The highest BCUT2D eigenvalue weighted by atomic mass is 32.2. The highest BCUT2D eigenvalue weighted by Crippen LogP contribution is 2.20. The molecule has 1 aliphatic heterocycles. The topological polar surface area (TPSA) is 140 Å². The van der Waals surface area contributed by atoms with Crippen molar-refractivity contribution in [2.75, 3.05) is 38.2 Å². The summed E-state index contributed by atoms with van der Waals surface area (Å²) in [6.45, 7) is 1.29. The third-order valence-corrected chi connectivity index (χ3v) is 6.13. The fraction of sp³-hybridized carbons (Fsp3) is 0.545. The second-order valence-corrected chi connectivity index (χ2v) is 8.75. The van der Waals surface area contributed by atoms with Crippen molar-refractivity contribution < 1.29 is 19.5 Å². The quantitative estimate of drug-likeness (QED) is 0.412. The van der Waals surface area contributed by atoms with Gasteiger partial charge >= 0.3 is 5.97 Å². The van der Waals surface area contributed by atoms with Crippen LogP contribution >= 0.6 is 11.8 Å². The number of carbonyl (C=O) groups excluding carboxylic acids is 2. The first-order valence-corrected chi connectivity index (χ1v) is 12.0. The molecule has 9 nitrogen and oxygen atoms in total. The number of thioether (sulfide) groups is 1. The molecule has 174 valence electrons. The SMILES string of the molecule is CSCCC(NC(=O)CN(Cc1ccccc1C#N)C[C@@H]1CCCN1C(=O)CN)C(=O)O. The second kappa shape index (κ2) is 13.1. The zero-order valence-corrected chi connectivity index (χ0v) is 19.1. The Hall–Kier alpha value is -2.61. The second-order valence-electron chi connectivity index (χ2n) is 7.77. The molecule has 2 rings (SSSR count). The predicted octanol–water partition coefficient (Wildman–Crippen LogP) is 0.632. The van der Waals surface area contributed by atoms with Crippen LogP contribution in [0.2, 0.25) is 0 Å². The van der Waals surface area contributed by atoms with Crippen molar-refractivity contribution in [1.82, 2.24) is 15.1 Å². The average molecular weight is 462 g/mol. The molecule has 0 saturated carbocycles. The van der Waals surface area contributed by atoms with E-state index in [9.17, 15) is 24.8 Å². The number of carboxylic acids is 1. The summed E-state index contributed by atoms with van der Waals surface area (Å²) in [6, 6.07) is 8.29. The van der Waals surface area contributed by atoms with Crippen molar-refractivity contribution in [2.24, 2.45) is 5.73 Å². The zero-order chi connectivity index (χ0) is 23.5. The molecule has 1 saturated heterocycles. The molecular formula is C22H31N5O4S. The Balaban J connectivity index is 2.16. The molecule has 0 aromatic heterocycles. The number of nitrogens with zero attached hydrogens (tertiary/aromatic N) is 3. The van der Waals surface area contributed by atoms with E-state index >= 15 is 0 Å². The van der Waals surface area contributed by atoms with E-state index < -0.39 is 17.9 Å². The number of nitrogens with two attached hydrogens (primary N) is 1. The molecule has 2 amide bonds. The lowest BCUT2D eigenvalue weighted by Crippen LogP contribution is -2.49. The van der Waals surface area contributed by atoms with Gasteiger partial charge in [0.15, 0.2) is 0 Å². The molecule has 1 aromatic carbocycles. The van der Waals surface area contributed by atoms with Crippen molar-refractivity contribution >= 4 is 29.5 Å². The van der Waals surface area contributed by atoms with Crippen LogP contribution < -0.4 is 11.1 Å². The van der Waals surface area contributed by atoms with E-state index in [-0.39, 0.29) is 25.0 Å². The largest absolute Gasteiger partial charge is 0.480 e. The summed E-state index contributed by atoms with van der Waals surface area (Å²) < 4.78 is 0. The monoisotopic (exact) mass is 461 g/mol. The van der Waals surface area contributed by atoms with Gasteiger partial charge in [0.2, 0.25) is 11.8 Å². The Morgan fingerprint density at radius 1 is 1.41 bits per heavy atom. The fourth-order valence-corrected chi connectivity index (χ4v) is 4.37. The number of hydrogen-bond acceptors (Lipinski definition) is 7. The predicted molar refractivity (Wildman–Crippen MR) is 123 cm³/mol. The van der Waals surface area contributed by atoms with E-state index in [1.165, 1.54) is 11.8 Å². The van der Waals surface area contributed by atoms with E-state index in [4.69, 9.17) is 5.73 Å². The molecule has 0 bridgehead atoms. The Labute approximate surface area is 192 Å². The van der Waals surface area contributed by atoms with Gasteiger partial charge in [0.05, 0.1) is 24.7 Å². The van der Waals surface area contributed by atoms with Crippen molar-refractivity contribution in [1.29, 1.82) is 5.26 Å². The first kappa shape index (κ1) is 25.6. The van der Waals surface area contributed by atoms with E-state index in [0.717, 1.165) is 18.4 Å². The minimum Gasteiger partial charge on any atom is -0.480 e. The molecule has 1 fully saturated rings. The molecule has 1 aromatic rings. The molecule has 0 radical (unpaired) electrons. The summed E-state index contributed by atoms with van der Waals surface area (Å²) in [4.78, 5) is 40.1. The van der Waals surface area contributed by atoms with E-state index in [0.29, 0.717) is 37.4 Å². The number of rotatable bonds is 12. The van der Waals surface area contributed by atoms with Gasteiger partial charge in [-0.15, -0.1) is 0 Å². The number of carbonyl (C=O) groups is 3. The molecule has 2 atom stereocenters. The summed E-state index contributed by atoms with van der Waals surface area (Å²) in [6.07, 6.45) is 3.88. The number of carboxylic acid groups (broad SMARTS) is 1. The van der Waals surface area contributed by atoms with Crippen molar-refractivity contribution in [3.8, 4) is 6.07 Å². The normalized spacial score (nSPS) is 16.6. The molecule has 1 aliphatic rings. The number of nitriles is 1. The molecule has 4 N–H and O–H groups in total. The maximum absolute atomic E-state index is 12.7. The summed E-state index contributed by atoms with van der Waals surface area (Å²) in [5.74, 6) is -0.973. The smallest absolute Gasteiger partial charge is 0.326 e. The van der Waals surface area contributed by atoms with E-state index in [1.54, 1.807) is 17.0 Å². The number of benzene rings is 1. The Bertz CT molecular complexity index is 844. The van der Waals surface area contributed by atoms with E-state index in [2.05, 4.69) is 11.4 Å². The van der Waals surface area contributed by atoms with Gasteiger partial charge in [-0.2, -0.15) is 17.0 Å². The number of aliphatic carboxylic acids is 1. The van der Waals surface area contributed by atoms with E-state index in [1.807, 2.05) is 23.3 Å². The molecule has 0 spiro atoms. The van der Waals surface area contributed by atoms with Crippen LogP contribution in [-0.4, -0.2) is 83.0 Å². The lowest BCUT2D eigenvalue weighted by Gasteiger charge is -2.31. The summed E-state index contributed by atoms with van der Waals surface area (Å²) in [7, 11) is 0. The van der Waals surface area contributed by atoms with Gasteiger partial charge < -0.3 is 21.1 Å². The van der Waals surface area contributed by atoms with Crippen molar-refractivity contribution in [2.45, 2.75) is 37.9 Å². The fourth-order valence-electron chi connectivity index (χ4n) is 3.90. The van der Waals surface area contributed by atoms with Crippen LogP contribution in [0.25, 0.3) is 0 Å². The lowest BCUT2D eigenvalue weighted by atomic mass is 10.1. The summed E-state index contributed by atoms with van der Waals surface area (Å²) >= 11 is 1.52. The zero-order valence-electron chi connectivity index (χ0n) is 18.3. The number of hydrogen-bond donors (Lipinski definition) is 3. The maximum atomic E-state index is 12.7. The van der Waals surface area contributed by atoms with Crippen molar-refractivity contribution in [3.63, 3.8) is 0 Å². The molecular weight excluding hydrogens is 430 g/mol. The average Bonchev–Trinajstić information content (AvgIpc) is 3.24. The van der Waals surface area contributed by atoms with Gasteiger partial charge in [-0.05, 0) is 42.9 Å². The number of nitrogens with one attached hydrogen (secondary N) is 1. The van der Waals surface area contributed by atoms with Crippen LogP contribution in [0.4, 0.5) is 0 Å². The molecule has 1 unspecified atom stereocenters. The van der Waals surface area contributed by atoms with Gasteiger partial charge in [0.25, 0.3) is 0 Å². The van der Waals surface area contributed by atoms with Crippen LogP contribution in [0.15, 0.2) is 24.3 Å². The molecule has 32 heavy (non-hydrogen) atoms. The van der Waals surface area contributed by atoms with Crippen LogP contribution in [0.3, 0.4) is 0 Å². The molecule has 10 heteroatoms. The van der Waals surface area contributed by atoms with Crippen LogP contribution in [0.5, 0.6) is 0 Å². The van der Waals surface area contributed by atoms with Gasteiger partial charge in [0, 0.05) is 25.7 Å². The molecule has 0 aliphatic carbocycles. The standard InChI is InChI=1S/C22H31N5O4S/c1-32-10-8-19(22(30)31)25-20(28)15-26(13-17-6-3-2-5-16(17)11-23)14-18-7-4-9-27(18)21(29)12-24/h2-3,5-6,18-19H,4,7-10,12-15,24H2,1H3,(H,25,28)(H,30,31)/t18-,19?/m0/s1. The third kappa shape index (κ3) is 7.51. The lowest BCUT2D eigenvalue weighted by molar-refractivity contribution is -0.142. The Morgan fingerprint density at radius 3 is 2.81 bits per heavy atom.